The van der Waals surface area contributed by atoms with Crippen molar-refractivity contribution < 1.29 is 23.8 Å². The number of carbonyl (C=O) groups is 2. The second-order valence-electron chi connectivity index (χ2n) is 5.23. The quantitative estimate of drug-likeness (QED) is 0.680. The molecule has 1 N–H and O–H groups in total. The largest absolute Gasteiger partial charge is 0.490 e. The molecule has 0 saturated carbocycles. The smallest absolute Gasteiger partial charge is 0.344 e. The van der Waals surface area contributed by atoms with Crippen LogP contribution in [0, 0.1) is 0 Å². The number of halogens is 1. The SMILES string of the molecule is CCOc1ccccc1OCC(=O)OCC(=O)NCc1ccc(Cl)cc1. The maximum absolute atomic E-state index is 11.7. The number of hydrogen-bond acceptors (Lipinski definition) is 5. The van der Waals surface area contributed by atoms with Gasteiger partial charge >= 0.3 is 5.97 Å². The Hall–Kier alpha value is -2.73. The molecule has 2 rings (SSSR count). The summed E-state index contributed by atoms with van der Waals surface area (Å²) in [5.41, 5.74) is 0.893. The Morgan fingerprint density at radius 2 is 1.62 bits per heavy atom. The van der Waals surface area contributed by atoms with Crippen molar-refractivity contribution in [1.82, 2.24) is 5.32 Å². The first-order chi connectivity index (χ1) is 12.6. The van der Waals surface area contributed by atoms with E-state index in [0.717, 1.165) is 5.56 Å². The second-order valence-corrected chi connectivity index (χ2v) is 5.67. The van der Waals surface area contributed by atoms with E-state index in [4.69, 9.17) is 25.8 Å². The lowest BCUT2D eigenvalue weighted by Crippen LogP contribution is -2.29. The minimum absolute atomic E-state index is 0.311. The highest BCUT2D eigenvalue weighted by molar-refractivity contribution is 6.30. The third-order valence-corrected chi connectivity index (χ3v) is 3.51. The topological polar surface area (TPSA) is 73.9 Å². The van der Waals surface area contributed by atoms with Crippen molar-refractivity contribution in [3.63, 3.8) is 0 Å². The van der Waals surface area contributed by atoms with Crippen LogP contribution in [0.5, 0.6) is 11.5 Å². The zero-order valence-corrected chi connectivity index (χ0v) is 15.1. The number of amides is 1. The molecule has 0 aliphatic heterocycles. The third-order valence-electron chi connectivity index (χ3n) is 3.26. The first kappa shape index (κ1) is 19.6. The van der Waals surface area contributed by atoms with E-state index in [-0.39, 0.29) is 13.2 Å². The summed E-state index contributed by atoms with van der Waals surface area (Å²) < 4.78 is 15.7. The fourth-order valence-corrected chi connectivity index (χ4v) is 2.15. The van der Waals surface area contributed by atoms with Crippen molar-refractivity contribution in [3.05, 3.63) is 59.1 Å². The first-order valence-corrected chi connectivity index (χ1v) is 8.47. The molecule has 26 heavy (non-hydrogen) atoms. The van der Waals surface area contributed by atoms with Gasteiger partial charge in [0.05, 0.1) is 6.61 Å². The maximum atomic E-state index is 11.7. The van der Waals surface area contributed by atoms with Crippen LogP contribution in [0.4, 0.5) is 0 Å². The van der Waals surface area contributed by atoms with E-state index >= 15 is 0 Å². The molecule has 0 spiro atoms. The van der Waals surface area contributed by atoms with Crippen LogP contribution in [0.1, 0.15) is 12.5 Å². The van der Waals surface area contributed by atoms with Gasteiger partial charge in [-0.15, -0.1) is 0 Å². The van der Waals surface area contributed by atoms with Crippen LogP contribution in [0.15, 0.2) is 48.5 Å². The van der Waals surface area contributed by atoms with Crippen LogP contribution in [-0.4, -0.2) is 31.7 Å². The lowest BCUT2D eigenvalue weighted by molar-refractivity contribution is -0.150. The van der Waals surface area contributed by atoms with Crippen LogP contribution < -0.4 is 14.8 Å². The molecule has 0 heterocycles. The molecule has 0 atom stereocenters. The number of nitrogens with one attached hydrogen (secondary N) is 1. The lowest BCUT2D eigenvalue weighted by Gasteiger charge is -2.11. The van der Waals surface area contributed by atoms with Gasteiger partial charge in [-0.05, 0) is 36.8 Å². The van der Waals surface area contributed by atoms with Crippen molar-refractivity contribution in [1.29, 1.82) is 0 Å². The molecule has 2 aromatic carbocycles. The predicted molar refractivity (Wildman–Crippen MR) is 97.4 cm³/mol. The second kappa shape index (κ2) is 10.3. The molecule has 2 aromatic rings. The van der Waals surface area contributed by atoms with Crippen LogP contribution in [0.3, 0.4) is 0 Å². The molecule has 0 saturated heterocycles. The summed E-state index contributed by atoms with van der Waals surface area (Å²) in [5.74, 6) is -0.0528. The summed E-state index contributed by atoms with van der Waals surface area (Å²) in [6.45, 7) is 1.98. The summed E-state index contributed by atoms with van der Waals surface area (Å²) in [6, 6.07) is 14.1. The summed E-state index contributed by atoms with van der Waals surface area (Å²) in [6.07, 6.45) is 0. The van der Waals surface area contributed by atoms with E-state index in [1.165, 1.54) is 0 Å². The third kappa shape index (κ3) is 6.64. The molecular weight excluding hydrogens is 358 g/mol. The molecule has 0 bridgehead atoms. The molecule has 6 nitrogen and oxygen atoms in total. The van der Waals surface area contributed by atoms with E-state index in [0.29, 0.717) is 29.7 Å². The highest BCUT2D eigenvalue weighted by Gasteiger charge is 2.10. The van der Waals surface area contributed by atoms with E-state index in [1.54, 1.807) is 48.5 Å². The number of para-hydroxylation sites is 2. The Balaban J connectivity index is 1.69. The first-order valence-electron chi connectivity index (χ1n) is 8.10. The van der Waals surface area contributed by atoms with Crippen LogP contribution in [0.2, 0.25) is 5.02 Å². The molecule has 0 aromatic heterocycles. The molecule has 0 fully saturated rings. The van der Waals surface area contributed by atoms with Gasteiger partial charge in [-0.1, -0.05) is 35.9 Å². The van der Waals surface area contributed by atoms with Gasteiger partial charge in [0, 0.05) is 11.6 Å². The maximum Gasteiger partial charge on any atom is 0.344 e. The van der Waals surface area contributed by atoms with Crippen molar-refractivity contribution >= 4 is 23.5 Å². The van der Waals surface area contributed by atoms with Crippen molar-refractivity contribution in [2.24, 2.45) is 0 Å². The molecule has 0 unspecified atom stereocenters. The Kier molecular flexibility index (Phi) is 7.76. The van der Waals surface area contributed by atoms with Gasteiger partial charge in [0.2, 0.25) is 0 Å². The monoisotopic (exact) mass is 377 g/mol. The number of rotatable bonds is 9. The lowest BCUT2D eigenvalue weighted by atomic mass is 10.2. The number of benzene rings is 2. The summed E-state index contributed by atoms with van der Waals surface area (Å²) in [5, 5.41) is 3.28. The predicted octanol–water partition coefficient (Wildman–Crippen LogP) is 2.98. The van der Waals surface area contributed by atoms with E-state index in [1.807, 2.05) is 6.92 Å². The minimum atomic E-state index is -0.641. The van der Waals surface area contributed by atoms with Gasteiger partial charge in [-0.2, -0.15) is 0 Å². The van der Waals surface area contributed by atoms with Crippen LogP contribution >= 0.6 is 11.6 Å². The van der Waals surface area contributed by atoms with Crippen molar-refractivity contribution in [2.75, 3.05) is 19.8 Å². The molecule has 138 valence electrons. The number of carbonyl (C=O) groups excluding carboxylic acids is 2. The number of ether oxygens (including phenoxy) is 3. The van der Waals surface area contributed by atoms with Crippen molar-refractivity contribution in [3.8, 4) is 11.5 Å². The zero-order chi connectivity index (χ0) is 18.8. The van der Waals surface area contributed by atoms with Crippen LogP contribution in [-0.2, 0) is 20.9 Å². The molecule has 7 heteroatoms. The van der Waals surface area contributed by atoms with Gasteiger partial charge in [0.1, 0.15) is 0 Å². The Labute approximate surface area is 157 Å². The summed E-state index contributed by atoms with van der Waals surface area (Å²) >= 11 is 5.80. The standard InChI is InChI=1S/C19H20ClNO5/c1-2-24-16-5-3-4-6-17(16)25-13-19(23)26-12-18(22)21-11-14-7-9-15(20)10-8-14/h3-10H,2,11-13H2,1H3,(H,21,22). The Morgan fingerprint density at radius 1 is 0.962 bits per heavy atom. The van der Waals surface area contributed by atoms with Gasteiger partial charge in [0.25, 0.3) is 5.91 Å². The zero-order valence-electron chi connectivity index (χ0n) is 14.4. The molecule has 1 amide bonds. The molecule has 0 radical (unpaired) electrons. The highest BCUT2D eigenvalue weighted by Crippen LogP contribution is 2.26. The molecule has 0 aliphatic rings. The van der Waals surface area contributed by atoms with Crippen LogP contribution in [0.25, 0.3) is 0 Å². The van der Waals surface area contributed by atoms with E-state index in [2.05, 4.69) is 5.32 Å². The summed E-state index contributed by atoms with van der Waals surface area (Å²) in [7, 11) is 0. The minimum Gasteiger partial charge on any atom is -0.490 e. The van der Waals surface area contributed by atoms with Gasteiger partial charge in [0.15, 0.2) is 24.7 Å². The van der Waals surface area contributed by atoms with E-state index < -0.39 is 11.9 Å². The normalized spacial score (nSPS) is 10.1. The van der Waals surface area contributed by atoms with Crippen molar-refractivity contribution in [2.45, 2.75) is 13.5 Å². The fourth-order valence-electron chi connectivity index (χ4n) is 2.02. The average molecular weight is 378 g/mol. The summed E-state index contributed by atoms with van der Waals surface area (Å²) in [4.78, 5) is 23.4. The number of esters is 1. The Morgan fingerprint density at radius 3 is 2.27 bits per heavy atom. The highest BCUT2D eigenvalue weighted by atomic mass is 35.5. The average Bonchev–Trinajstić information content (AvgIpc) is 2.65. The Bertz CT molecular complexity index is 733. The molecule has 0 aliphatic carbocycles. The van der Waals surface area contributed by atoms with E-state index in [9.17, 15) is 9.59 Å². The fraction of sp³-hybridized carbons (Fsp3) is 0.263. The number of hydrogen-bond donors (Lipinski definition) is 1. The van der Waals surface area contributed by atoms with Gasteiger partial charge in [-0.3, -0.25) is 4.79 Å². The molecular formula is C19H20ClNO5. The van der Waals surface area contributed by atoms with Gasteiger partial charge in [-0.25, -0.2) is 4.79 Å². The van der Waals surface area contributed by atoms with Gasteiger partial charge < -0.3 is 19.5 Å².